The van der Waals surface area contributed by atoms with Crippen molar-refractivity contribution in [1.29, 1.82) is 0 Å². The minimum atomic E-state index is -0.262. The molecule has 0 amide bonds. The minimum absolute atomic E-state index is 0.262. The van der Waals surface area contributed by atoms with Gasteiger partial charge in [-0.3, -0.25) is 5.32 Å². The second-order valence-electron chi connectivity index (χ2n) is 4.49. The minimum Gasteiger partial charge on any atom is -0.295 e. The average molecular weight is 201 g/mol. The fourth-order valence-electron chi connectivity index (χ4n) is 1.73. The third-order valence-electron chi connectivity index (χ3n) is 2.59. The molecule has 0 aromatic heterocycles. The molecule has 0 saturated heterocycles. The first-order valence-corrected chi connectivity index (χ1v) is 5.27. The van der Waals surface area contributed by atoms with Crippen molar-refractivity contribution in [2.45, 2.75) is 39.3 Å². The molecule has 1 nitrogen and oxygen atoms in total. The first kappa shape index (κ1) is 11.8. The van der Waals surface area contributed by atoms with Gasteiger partial charge in [-0.2, -0.15) is 0 Å². The predicted octanol–water partition coefficient (Wildman–Crippen LogP) is 3.06. The van der Waals surface area contributed by atoms with Gasteiger partial charge >= 0.3 is 0 Å². The van der Waals surface area contributed by atoms with Crippen LogP contribution >= 0.6 is 0 Å². The molecule has 1 rings (SSSR count). The number of benzene rings is 1. The van der Waals surface area contributed by atoms with Crippen LogP contribution in [0.2, 0.25) is 0 Å². The van der Waals surface area contributed by atoms with Gasteiger partial charge in [0.1, 0.15) is 0 Å². The van der Waals surface area contributed by atoms with E-state index in [0.29, 0.717) is 0 Å². The number of hydrogen-bond acceptors (Lipinski definition) is 1. The largest absolute Gasteiger partial charge is 0.295 e. The highest BCUT2D eigenvalue weighted by Gasteiger charge is 2.18. The predicted molar refractivity (Wildman–Crippen MR) is 65.6 cm³/mol. The summed E-state index contributed by atoms with van der Waals surface area (Å²) in [5, 5.41) is 3.43. The van der Waals surface area contributed by atoms with Crippen LogP contribution in [0.25, 0.3) is 0 Å². The molecule has 1 N–H and O–H groups in total. The van der Waals surface area contributed by atoms with E-state index < -0.39 is 0 Å². The van der Waals surface area contributed by atoms with Crippen molar-refractivity contribution in [1.82, 2.24) is 5.32 Å². The van der Waals surface area contributed by atoms with E-state index in [1.165, 1.54) is 11.1 Å². The molecule has 15 heavy (non-hydrogen) atoms. The molecule has 0 heterocycles. The second kappa shape index (κ2) is 4.51. The summed E-state index contributed by atoms with van der Waals surface area (Å²) in [6.07, 6.45) is 5.46. The maximum atomic E-state index is 5.46. The van der Waals surface area contributed by atoms with Crippen LogP contribution in [0.1, 0.15) is 37.9 Å². The van der Waals surface area contributed by atoms with Crippen LogP contribution in [0.5, 0.6) is 0 Å². The van der Waals surface area contributed by atoms with E-state index in [9.17, 15) is 0 Å². The Morgan fingerprint density at radius 1 is 1.33 bits per heavy atom. The van der Waals surface area contributed by atoms with E-state index in [0.717, 1.165) is 0 Å². The molecular weight excluding hydrogens is 182 g/mol. The van der Waals surface area contributed by atoms with Crippen molar-refractivity contribution in [2.24, 2.45) is 0 Å². The monoisotopic (exact) mass is 201 g/mol. The first-order chi connectivity index (χ1) is 6.96. The number of hydrogen-bond donors (Lipinski definition) is 1. The average Bonchev–Trinajstić information content (AvgIpc) is 2.17. The number of terminal acetylenes is 1. The molecule has 0 aliphatic carbocycles. The molecule has 1 aromatic carbocycles. The maximum Gasteiger partial charge on any atom is 0.0745 e. The zero-order valence-corrected chi connectivity index (χ0v) is 9.96. The molecule has 0 spiro atoms. The summed E-state index contributed by atoms with van der Waals surface area (Å²) in [7, 11) is 0. The Bertz CT molecular complexity index is 371. The topological polar surface area (TPSA) is 12.0 Å². The molecule has 1 unspecified atom stereocenters. The fourth-order valence-corrected chi connectivity index (χ4v) is 1.73. The Morgan fingerprint density at radius 3 is 2.47 bits per heavy atom. The van der Waals surface area contributed by atoms with Crippen molar-refractivity contribution in [3.63, 3.8) is 0 Å². The molecule has 80 valence electrons. The van der Waals surface area contributed by atoms with Gasteiger partial charge in [0.05, 0.1) is 5.54 Å². The van der Waals surface area contributed by atoms with E-state index >= 15 is 0 Å². The molecule has 0 saturated carbocycles. The summed E-state index contributed by atoms with van der Waals surface area (Å²) in [4.78, 5) is 0. The van der Waals surface area contributed by atoms with Crippen molar-refractivity contribution in [3.05, 3.63) is 35.4 Å². The van der Waals surface area contributed by atoms with Gasteiger partial charge in [-0.15, -0.1) is 6.42 Å². The number of aryl methyl sites for hydroxylation is 1. The van der Waals surface area contributed by atoms with Gasteiger partial charge in [0.2, 0.25) is 0 Å². The first-order valence-electron chi connectivity index (χ1n) is 5.27. The Morgan fingerprint density at radius 2 is 1.93 bits per heavy atom. The highest BCUT2D eigenvalue weighted by Crippen LogP contribution is 2.19. The standard InChI is InChI=1S/C14H19N/c1-6-14(4,5)15-12(3)13-10-8-7-9-11(13)2/h1,7-10,12,15H,2-5H3. The van der Waals surface area contributed by atoms with Crippen LogP contribution in [-0.4, -0.2) is 5.54 Å². The maximum absolute atomic E-state index is 5.46. The molecule has 1 heteroatoms. The molecule has 1 atom stereocenters. The van der Waals surface area contributed by atoms with Gasteiger partial charge in [0, 0.05) is 6.04 Å². The summed E-state index contributed by atoms with van der Waals surface area (Å²) in [6, 6.07) is 8.65. The normalized spacial score (nSPS) is 13.3. The van der Waals surface area contributed by atoms with Gasteiger partial charge < -0.3 is 0 Å². The molecule has 0 bridgehead atoms. The van der Waals surface area contributed by atoms with E-state index in [4.69, 9.17) is 6.42 Å². The van der Waals surface area contributed by atoms with Crippen molar-refractivity contribution >= 4 is 0 Å². The highest BCUT2D eigenvalue weighted by molar-refractivity contribution is 5.29. The summed E-state index contributed by atoms with van der Waals surface area (Å²) in [6.45, 7) is 8.29. The molecule has 0 radical (unpaired) electrons. The third kappa shape index (κ3) is 3.11. The molecule has 0 aliphatic heterocycles. The molecule has 0 fully saturated rings. The summed E-state index contributed by atoms with van der Waals surface area (Å²) >= 11 is 0. The van der Waals surface area contributed by atoms with Crippen molar-refractivity contribution < 1.29 is 0 Å². The second-order valence-corrected chi connectivity index (χ2v) is 4.49. The lowest BCUT2D eigenvalue weighted by Crippen LogP contribution is -2.39. The number of rotatable bonds is 3. The lowest BCUT2D eigenvalue weighted by Gasteiger charge is -2.26. The van der Waals surface area contributed by atoms with Crippen LogP contribution < -0.4 is 5.32 Å². The van der Waals surface area contributed by atoms with Crippen LogP contribution in [-0.2, 0) is 0 Å². The van der Waals surface area contributed by atoms with Crippen molar-refractivity contribution in [2.75, 3.05) is 0 Å². The quantitative estimate of drug-likeness (QED) is 0.741. The van der Waals surface area contributed by atoms with Crippen LogP contribution in [0.3, 0.4) is 0 Å². The highest BCUT2D eigenvalue weighted by atomic mass is 15.0. The fraction of sp³-hybridized carbons (Fsp3) is 0.429. The SMILES string of the molecule is C#CC(C)(C)NC(C)c1ccccc1C. The van der Waals surface area contributed by atoms with Gasteiger partial charge in [0.25, 0.3) is 0 Å². The number of nitrogens with one attached hydrogen (secondary N) is 1. The van der Waals surface area contributed by atoms with E-state index in [2.05, 4.69) is 49.4 Å². The molecule has 1 aromatic rings. The van der Waals surface area contributed by atoms with Crippen LogP contribution in [0.15, 0.2) is 24.3 Å². The Hall–Kier alpha value is -1.26. The van der Waals surface area contributed by atoms with E-state index in [1.54, 1.807) is 0 Å². The molecular formula is C14H19N. The summed E-state index contributed by atoms with van der Waals surface area (Å²) in [5.41, 5.74) is 2.34. The van der Waals surface area contributed by atoms with Gasteiger partial charge in [-0.25, -0.2) is 0 Å². The van der Waals surface area contributed by atoms with Gasteiger partial charge in [-0.1, -0.05) is 30.2 Å². The van der Waals surface area contributed by atoms with Crippen molar-refractivity contribution in [3.8, 4) is 12.3 Å². The Kier molecular flexibility index (Phi) is 3.55. The van der Waals surface area contributed by atoms with Gasteiger partial charge in [-0.05, 0) is 38.8 Å². The Labute approximate surface area is 92.9 Å². The van der Waals surface area contributed by atoms with E-state index in [1.807, 2.05) is 13.8 Å². The van der Waals surface area contributed by atoms with E-state index in [-0.39, 0.29) is 11.6 Å². The zero-order valence-electron chi connectivity index (χ0n) is 9.96. The zero-order chi connectivity index (χ0) is 11.5. The van der Waals surface area contributed by atoms with Crippen LogP contribution in [0.4, 0.5) is 0 Å². The Balaban J connectivity index is 2.83. The third-order valence-corrected chi connectivity index (χ3v) is 2.59. The van der Waals surface area contributed by atoms with Gasteiger partial charge in [0.15, 0.2) is 0 Å². The molecule has 0 aliphatic rings. The summed E-state index contributed by atoms with van der Waals surface area (Å²) in [5.74, 6) is 2.75. The lowest BCUT2D eigenvalue weighted by molar-refractivity contribution is 0.430. The lowest BCUT2D eigenvalue weighted by atomic mass is 9.99. The van der Waals surface area contributed by atoms with Crippen LogP contribution in [0, 0.1) is 19.3 Å². The smallest absolute Gasteiger partial charge is 0.0745 e. The summed E-state index contributed by atoms with van der Waals surface area (Å²) < 4.78 is 0.